The van der Waals surface area contributed by atoms with Crippen molar-refractivity contribution < 1.29 is 9.59 Å². The second-order valence-electron chi connectivity index (χ2n) is 7.46. The molecule has 2 rings (SSSR count). The van der Waals surface area contributed by atoms with Crippen molar-refractivity contribution in [1.29, 1.82) is 0 Å². The van der Waals surface area contributed by atoms with E-state index in [0.29, 0.717) is 19.0 Å². The molecule has 1 aliphatic heterocycles. The molecule has 2 amide bonds. The summed E-state index contributed by atoms with van der Waals surface area (Å²) in [7, 11) is 0. The highest BCUT2D eigenvalue weighted by molar-refractivity contribution is 5.83. The quantitative estimate of drug-likeness (QED) is 0.832. The number of hydrogen-bond donors (Lipinski definition) is 2. The average Bonchev–Trinajstić information content (AvgIpc) is 2.61. The van der Waals surface area contributed by atoms with Crippen molar-refractivity contribution in [1.82, 2.24) is 10.2 Å². The van der Waals surface area contributed by atoms with Crippen molar-refractivity contribution in [2.24, 2.45) is 11.7 Å². The van der Waals surface area contributed by atoms with Gasteiger partial charge in [0.25, 0.3) is 0 Å². The first-order valence-corrected chi connectivity index (χ1v) is 9.23. The summed E-state index contributed by atoms with van der Waals surface area (Å²) in [5.74, 6) is 0.0225. The minimum atomic E-state index is -0.309. The number of nitrogens with two attached hydrogens (primary N) is 1. The highest BCUT2D eigenvalue weighted by Crippen LogP contribution is 2.20. The predicted octanol–water partition coefficient (Wildman–Crippen LogP) is 2.57. The number of rotatable bonds is 6. The van der Waals surface area contributed by atoms with Crippen LogP contribution in [0.15, 0.2) is 24.3 Å². The third-order valence-electron chi connectivity index (χ3n) is 5.11. The molecule has 0 spiro atoms. The number of benzene rings is 1. The Balaban J connectivity index is 1.94. The third kappa shape index (κ3) is 5.05. The monoisotopic (exact) mass is 345 g/mol. The van der Waals surface area contributed by atoms with E-state index in [9.17, 15) is 9.59 Å². The fourth-order valence-electron chi connectivity index (χ4n) is 3.40. The minimum Gasteiger partial charge on any atom is -0.369 e. The molecule has 1 aromatic carbocycles. The van der Waals surface area contributed by atoms with Crippen LogP contribution in [0.2, 0.25) is 0 Å². The number of carbonyl (C=O) groups excluding carboxylic acids is 2. The first-order valence-electron chi connectivity index (χ1n) is 9.23. The average molecular weight is 345 g/mol. The lowest BCUT2D eigenvalue weighted by atomic mass is 9.96. The molecule has 1 heterocycles. The van der Waals surface area contributed by atoms with Crippen molar-refractivity contribution in [2.75, 3.05) is 13.1 Å². The Morgan fingerprint density at radius 2 is 1.72 bits per heavy atom. The van der Waals surface area contributed by atoms with Crippen molar-refractivity contribution in [3.05, 3.63) is 35.4 Å². The number of amides is 2. The molecule has 0 unspecified atom stereocenters. The van der Waals surface area contributed by atoms with Gasteiger partial charge in [0, 0.05) is 19.1 Å². The number of carbonyl (C=O) groups is 2. The van der Waals surface area contributed by atoms with Gasteiger partial charge >= 0.3 is 0 Å². The lowest BCUT2D eigenvalue weighted by Gasteiger charge is -2.34. The zero-order valence-electron chi connectivity index (χ0n) is 15.8. The summed E-state index contributed by atoms with van der Waals surface area (Å²) in [6.07, 6.45) is 1.61. The van der Waals surface area contributed by atoms with Crippen LogP contribution in [0.5, 0.6) is 0 Å². The Kier molecular flexibility index (Phi) is 6.59. The van der Waals surface area contributed by atoms with E-state index < -0.39 is 0 Å². The summed E-state index contributed by atoms with van der Waals surface area (Å²) in [6, 6.07) is 8.31. The molecular weight excluding hydrogens is 314 g/mol. The van der Waals surface area contributed by atoms with Crippen LogP contribution in [-0.4, -0.2) is 35.8 Å². The number of primary amides is 1. The summed E-state index contributed by atoms with van der Waals surface area (Å²) < 4.78 is 0. The van der Waals surface area contributed by atoms with E-state index >= 15 is 0 Å². The predicted molar refractivity (Wildman–Crippen MR) is 100 cm³/mol. The zero-order chi connectivity index (χ0) is 18.6. The van der Waals surface area contributed by atoms with Crippen molar-refractivity contribution >= 4 is 11.8 Å². The van der Waals surface area contributed by atoms with E-state index in [1.807, 2.05) is 6.92 Å². The largest absolute Gasteiger partial charge is 0.369 e. The fourth-order valence-corrected chi connectivity index (χ4v) is 3.40. The molecule has 1 fully saturated rings. The van der Waals surface area contributed by atoms with Gasteiger partial charge in [0.15, 0.2) is 0 Å². The van der Waals surface area contributed by atoms with Crippen LogP contribution >= 0.6 is 0 Å². The Hall–Kier alpha value is -1.88. The van der Waals surface area contributed by atoms with Gasteiger partial charge in [-0.25, -0.2) is 0 Å². The topological polar surface area (TPSA) is 75.4 Å². The molecule has 5 nitrogen and oxygen atoms in total. The zero-order valence-corrected chi connectivity index (χ0v) is 15.8. The third-order valence-corrected chi connectivity index (χ3v) is 5.11. The molecule has 5 heteroatoms. The van der Waals surface area contributed by atoms with Gasteiger partial charge in [-0.15, -0.1) is 0 Å². The number of likely N-dealkylation sites (tertiary alicyclic amines) is 1. The van der Waals surface area contributed by atoms with Gasteiger partial charge in [-0.05, 0) is 43.7 Å². The number of piperidine rings is 1. The molecule has 0 aliphatic carbocycles. The molecule has 138 valence electrons. The summed E-state index contributed by atoms with van der Waals surface area (Å²) in [5.41, 5.74) is 7.88. The maximum absolute atomic E-state index is 12.7. The number of nitrogens with one attached hydrogen (secondary N) is 1. The van der Waals surface area contributed by atoms with Gasteiger partial charge in [0.2, 0.25) is 11.8 Å². The van der Waals surface area contributed by atoms with Crippen LogP contribution < -0.4 is 11.1 Å². The first-order chi connectivity index (χ1) is 11.8. The fraction of sp³-hybridized carbons (Fsp3) is 0.600. The Bertz CT molecular complexity index is 597. The highest BCUT2D eigenvalue weighted by atomic mass is 16.2. The van der Waals surface area contributed by atoms with E-state index in [-0.39, 0.29) is 29.8 Å². The van der Waals surface area contributed by atoms with Gasteiger partial charge in [-0.3, -0.25) is 14.9 Å². The van der Waals surface area contributed by atoms with E-state index in [2.05, 4.69) is 50.4 Å². The molecule has 3 N–H and O–H groups in total. The van der Waals surface area contributed by atoms with Crippen molar-refractivity contribution in [3.8, 4) is 0 Å². The Labute approximate surface area is 151 Å². The van der Waals surface area contributed by atoms with Gasteiger partial charge in [0.1, 0.15) is 0 Å². The molecular formula is C20H31N3O2. The van der Waals surface area contributed by atoms with Crippen molar-refractivity contribution in [3.63, 3.8) is 0 Å². The standard InChI is InChI=1S/C20H31N3O2/c1-13(2)16-7-9-17(10-8-16)14(3)22-15(4)20(25)23-11-5-6-18(12-23)19(21)24/h7-10,13-15,18,22H,5-6,11-12H2,1-4H3,(H2,21,24)/t14-,15-,18+/m0/s1. The van der Waals surface area contributed by atoms with Crippen LogP contribution in [0.3, 0.4) is 0 Å². The lowest BCUT2D eigenvalue weighted by Crippen LogP contribution is -2.50. The highest BCUT2D eigenvalue weighted by Gasteiger charge is 2.29. The van der Waals surface area contributed by atoms with Gasteiger partial charge in [0.05, 0.1) is 12.0 Å². The van der Waals surface area contributed by atoms with Crippen LogP contribution in [0, 0.1) is 5.92 Å². The molecule has 0 saturated carbocycles. The second-order valence-corrected chi connectivity index (χ2v) is 7.46. The minimum absolute atomic E-state index is 0.0385. The molecule has 0 radical (unpaired) electrons. The van der Waals surface area contributed by atoms with Crippen LogP contribution in [0.1, 0.15) is 63.6 Å². The van der Waals surface area contributed by atoms with Crippen LogP contribution in [0.4, 0.5) is 0 Å². The molecule has 3 atom stereocenters. The summed E-state index contributed by atoms with van der Waals surface area (Å²) in [4.78, 5) is 25.9. The van der Waals surface area contributed by atoms with Crippen molar-refractivity contribution in [2.45, 2.75) is 58.5 Å². The van der Waals surface area contributed by atoms with Crippen LogP contribution in [-0.2, 0) is 9.59 Å². The summed E-state index contributed by atoms with van der Waals surface area (Å²) >= 11 is 0. The number of nitrogens with zero attached hydrogens (tertiary/aromatic N) is 1. The Morgan fingerprint density at radius 1 is 1.12 bits per heavy atom. The summed E-state index contributed by atoms with van der Waals surface area (Å²) in [5, 5.41) is 3.38. The second kappa shape index (κ2) is 8.48. The maximum atomic E-state index is 12.7. The lowest BCUT2D eigenvalue weighted by molar-refractivity contribution is -0.136. The van der Waals surface area contributed by atoms with Gasteiger partial charge in [-0.2, -0.15) is 0 Å². The molecule has 0 aromatic heterocycles. The van der Waals surface area contributed by atoms with E-state index in [0.717, 1.165) is 18.4 Å². The molecule has 1 saturated heterocycles. The smallest absolute Gasteiger partial charge is 0.239 e. The maximum Gasteiger partial charge on any atom is 0.239 e. The van der Waals surface area contributed by atoms with E-state index in [4.69, 9.17) is 5.73 Å². The molecule has 1 aromatic rings. The Morgan fingerprint density at radius 3 is 2.28 bits per heavy atom. The molecule has 25 heavy (non-hydrogen) atoms. The molecule has 0 bridgehead atoms. The van der Waals surface area contributed by atoms with E-state index in [1.54, 1.807) is 4.90 Å². The normalized spacial score (nSPS) is 20.4. The van der Waals surface area contributed by atoms with Crippen LogP contribution in [0.25, 0.3) is 0 Å². The van der Waals surface area contributed by atoms with Gasteiger partial charge in [-0.1, -0.05) is 38.1 Å². The SMILES string of the molecule is CC(C)c1ccc([C@H](C)N[C@@H](C)C(=O)N2CCC[C@@H](C(N)=O)C2)cc1. The molecule has 1 aliphatic rings. The summed E-state index contributed by atoms with van der Waals surface area (Å²) in [6.45, 7) is 9.44. The van der Waals surface area contributed by atoms with E-state index in [1.165, 1.54) is 5.56 Å². The first kappa shape index (κ1) is 19.4. The number of hydrogen-bond acceptors (Lipinski definition) is 3. The van der Waals surface area contributed by atoms with Gasteiger partial charge < -0.3 is 10.6 Å².